The first kappa shape index (κ1) is 10.7. The van der Waals surface area contributed by atoms with Crippen molar-refractivity contribution in [3.8, 4) is 6.07 Å². The molecule has 1 aromatic rings. The van der Waals surface area contributed by atoms with E-state index < -0.39 is 0 Å². The molecule has 2 bridgehead atoms. The summed E-state index contributed by atoms with van der Waals surface area (Å²) in [6, 6.07) is 9.97. The Bertz CT molecular complexity index is 446. The molecule has 0 saturated heterocycles. The van der Waals surface area contributed by atoms with Crippen LogP contribution < -0.4 is 5.32 Å². The molecular formula is C15H18N2. The monoisotopic (exact) mass is 226 g/mol. The number of hydrogen-bond donors (Lipinski definition) is 1. The number of nitrogens with zero attached hydrogens (tertiary/aromatic N) is 1. The zero-order valence-corrected chi connectivity index (χ0v) is 10.0. The van der Waals surface area contributed by atoms with E-state index in [0.717, 1.165) is 35.5 Å². The van der Waals surface area contributed by atoms with Crippen LogP contribution in [0.4, 0.5) is 5.69 Å². The minimum atomic E-state index is 0.739. The van der Waals surface area contributed by atoms with Crippen molar-refractivity contribution in [3.05, 3.63) is 29.8 Å². The third-order valence-corrected chi connectivity index (χ3v) is 4.44. The first-order valence-corrected chi connectivity index (χ1v) is 6.59. The van der Waals surface area contributed by atoms with E-state index in [-0.39, 0.29) is 0 Å². The fraction of sp³-hybridized carbons (Fsp3) is 0.533. The predicted octanol–water partition coefficient (Wildman–Crippen LogP) is 3.41. The van der Waals surface area contributed by atoms with Crippen LogP contribution in [0.15, 0.2) is 24.3 Å². The summed E-state index contributed by atoms with van der Waals surface area (Å²) in [6.07, 6.45) is 5.78. The lowest BCUT2D eigenvalue weighted by atomic mass is 9.89. The summed E-state index contributed by atoms with van der Waals surface area (Å²) < 4.78 is 0. The van der Waals surface area contributed by atoms with Gasteiger partial charge in [-0.2, -0.15) is 5.26 Å². The second kappa shape index (κ2) is 4.41. The van der Waals surface area contributed by atoms with Crippen molar-refractivity contribution in [2.75, 3.05) is 11.9 Å². The number of hydrogen-bond acceptors (Lipinski definition) is 2. The molecule has 0 amide bonds. The van der Waals surface area contributed by atoms with Gasteiger partial charge in [0.25, 0.3) is 0 Å². The number of benzene rings is 1. The van der Waals surface area contributed by atoms with E-state index in [1.54, 1.807) is 0 Å². The standard InChI is InChI=1S/C15H18N2/c16-9-12-2-1-3-15(8-12)17-10-14-7-11-4-5-13(14)6-11/h1-3,8,11,13-14,17H,4-7,10H2. The zero-order valence-electron chi connectivity index (χ0n) is 10.0. The normalized spacial score (nSPS) is 30.2. The molecule has 3 rings (SSSR count). The number of rotatable bonds is 3. The largest absolute Gasteiger partial charge is 0.385 e. The van der Waals surface area contributed by atoms with Crippen molar-refractivity contribution in [3.63, 3.8) is 0 Å². The molecule has 0 aromatic heterocycles. The van der Waals surface area contributed by atoms with E-state index in [2.05, 4.69) is 11.4 Å². The van der Waals surface area contributed by atoms with Crippen molar-refractivity contribution >= 4 is 5.69 Å². The van der Waals surface area contributed by atoms with Gasteiger partial charge >= 0.3 is 0 Å². The van der Waals surface area contributed by atoms with Gasteiger partial charge in [0.2, 0.25) is 0 Å². The maximum absolute atomic E-state index is 8.85. The molecule has 0 spiro atoms. The van der Waals surface area contributed by atoms with Crippen LogP contribution >= 0.6 is 0 Å². The summed E-state index contributed by atoms with van der Waals surface area (Å²) in [7, 11) is 0. The van der Waals surface area contributed by atoms with Crippen molar-refractivity contribution in [1.29, 1.82) is 5.26 Å². The first-order chi connectivity index (χ1) is 8.35. The SMILES string of the molecule is N#Cc1cccc(NCC2CC3CCC2C3)c1. The molecule has 88 valence electrons. The zero-order chi connectivity index (χ0) is 11.7. The third kappa shape index (κ3) is 2.15. The molecule has 3 atom stereocenters. The first-order valence-electron chi connectivity index (χ1n) is 6.59. The van der Waals surface area contributed by atoms with E-state index in [0.29, 0.717) is 0 Å². The van der Waals surface area contributed by atoms with Crippen molar-refractivity contribution in [2.45, 2.75) is 25.7 Å². The lowest BCUT2D eigenvalue weighted by Crippen LogP contribution is -2.20. The summed E-state index contributed by atoms with van der Waals surface area (Å²) in [6.45, 7) is 1.08. The van der Waals surface area contributed by atoms with Gasteiger partial charge in [0.1, 0.15) is 0 Å². The van der Waals surface area contributed by atoms with E-state index in [4.69, 9.17) is 5.26 Å². The van der Waals surface area contributed by atoms with Gasteiger partial charge in [-0.15, -0.1) is 0 Å². The summed E-state index contributed by atoms with van der Waals surface area (Å²) in [5.74, 6) is 2.84. The van der Waals surface area contributed by atoms with Gasteiger partial charge in [-0.25, -0.2) is 0 Å². The minimum Gasteiger partial charge on any atom is -0.385 e. The summed E-state index contributed by atoms with van der Waals surface area (Å²) in [5, 5.41) is 12.3. The highest BCUT2D eigenvalue weighted by Crippen LogP contribution is 2.48. The molecule has 17 heavy (non-hydrogen) atoms. The van der Waals surface area contributed by atoms with Gasteiger partial charge < -0.3 is 5.32 Å². The molecule has 2 heteroatoms. The maximum atomic E-state index is 8.85. The molecule has 0 aliphatic heterocycles. The molecule has 2 saturated carbocycles. The third-order valence-electron chi connectivity index (χ3n) is 4.44. The molecule has 0 heterocycles. The van der Waals surface area contributed by atoms with Crippen LogP contribution in [-0.2, 0) is 0 Å². The highest BCUT2D eigenvalue weighted by atomic mass is 14.9. The molecule has 0 radical (unpaired) electrons. The highest BCUT2D eigenvalue weighted by Gasteiger charge is 2.38. The van der Waals surface area contributed by atoms with Crippen LogP contribution in [0.25, 0.3) is 0 Å². The quantitative estimate of drug-likeness (QED) is 0.857. The topological polar surface area (TPSA) is 35.8 Å². The number of fused-ring (bicyclic) bond motifs is 2. The van der Waals surface area contributed by atoms with Crippen molar-refractivity contribution < 1.29 is 0 Å². The average molecular weight is 226 g/mol. The molecule has 3 unspecified atom stereocenters. The maximum Gasteiger partial charge on any atom is 0.0992 e. The van der Waals surface area contributed by atoms with Gasteiger partial charge in [0, 0.05) is 12.2 Å². The average Bonchev–Trinajstić information content (AvgIpc) is 2.99. The fourth-order valence-corrected chi connectivity index (χ4v) is 3.57. The Balaban J connectivity index is 1.59. The van der Waals surface area contributed by atoms with Crippen LogP contribution in [0.1, 0.15) is 31.2 Å². The number of nitrogens with one attached hydrogen (secondary N) is 1. The molecular weight excluding hydrogens is 208 g/mol. The Morgan fingerprint density at radius 3 is 2.94 bits per heavy atom. The fourth-order valence-electron chi connectivity index (χ4n) is 3.57. The Morgan fingerprint density at radius 1 is 1.29 bits per heavy atom. The van der Waals surface area contributed by atoms with E-state index in [1.807, 2.05) is 24.3 Å². The van der Waals surface area contributed by atoms with Crippen LogP contribution in [-0.4, -0.2) is 6.54 Å². The van der Waals surface area contributed by atoms with Crippen LogP contribution in [0.3, 0.4) is 0 Å². The Hall–Kier alpha value is -1.49. The van der Waals surface area contributed by atoms with Gasteiger partial charge in [-0.1, -0.05) is 12.5 Å². The predicted molar refractivity (Wildman–Crippen MR) is 68.6 cm³/mol. The van der Waals surface area contributed by atoms with Crippen LogP contribution in [0.2, 0.25) is 0 Å². The molecule has 2 aliphatic rings. The Labute approximate surface area is 103 Å². The minimum absolute atomic E-state index is 0.739. The van der Waals surface area contributed by atoms with Gasteiger partial charge in [0.15, 0.2) is 0 Å². The van der Waals surface area contributed by atoms with Gasteiger partial charge in [-0.3, -0.25) is 0 Å². The van der Waals surface area contributed by atoms with Crippen molar-refractivity contribution in [2.24, 2.45) is 17.8 Å². The summed E-state index contributed by atoms with van der Waals surface area (Å²) in [4.78, 5) is 0. The number of anilines is 1. The van der Waals surface area contributed by atoms with Crippen LogP contribution in [0.5, 0.6) is 0 Å². The Kier molecular flexibility index (Phi) is 2.76. The lowest BCUT2D eigenvalue weighted by Gasteiger charge is -2.22. The second-order valence-corrected chi connectivity index (χ2v) is 5.51. The number of nitriles is 1. The van der Waals surface area contributed by atoms with Crippen LogP contribution in [0, 0.1) is 29.1 Å². The molecule has 2 nitrogen and oxygen atoms in total. The summed E-state index contributed by atoms with van der Waals surface area (Å²) >= 11 is 0. The van der Waals surface area contributed by atoms with Crippen molar-refractivity contribution in [1.82, 2.24) is 0 Å². The van der Waals surface area contributed by atoms with E-state index >= 15 is 0 Å². The second-order valence-electron chi connectivity index (χ2n) is 5.51. The van der Waals surface area contributed by atoms with Gasteiger partial charge in [-0.05, 0) is 55.2 Å². The van der Waals surface area contributed by atoms with Gasteiger partial charge in [0.05, 0.1) is 11.6 Å². The summed E-state index contributed by atoms with van der Waals surface area (Å²) in [5.41, 5.74) is 1.83. The molecule has 1 N–H and O–H groups in total. The lowest BCUT2D eigenvalue weighted by molar-refractivity contribution is 0.348. The molecule has 2 fully saturated rings. The van der Waals surface area contributed by atoms with E-state index in [1.165, 1.54) is 25.7 Å². The van der Waals surface area contributed by atoms with E-state index in [9.17, 15) is 0 Å². The molecule has 2 aliphatic carbocycles. The highest BCUT2D eigenvalue weighted by molar-refractivity contribution is 5.49. The smallest absolute Gasteiger partial charge is 0.0992 e. The Morgan fingerprint density at radius 2 is 2.24 bits per heavy atom. The molecule has 1 aromatic carbocycles.